The third kappa shape index (κ3) is 2.83. The van der Waals surface area contributed by atoms with E-state index in [4.69, 9.17) is 4.98 Å². The Balaban J connectivity index is 1.79. The number of hydrogen-bond acceptors (Lipinski definition) is 4. The van der Waals surface area contributed by atoms with Crippen LogP contribution in [0.5, 0.6) is 0 Å². The highest BCUT2D eigenvalue weighted by molar-refractivity contribution is 5.98. The van der Waals surface area contributed by atoms with Crippen LogP contribution in [0, 0.1) is 5.82 Å². The Morgan fingerprint density at radius 3 is 2.54 bits per heavy atom. The molecule has 0 amide bonds. The van der Waals surface area contributed by atoms with E-state index >= 15 is 0 Å². The van der Waals surface area contributed by atoms with Crippen molar-refractivity contribution < 1.29 is 4.39 Å². The van der Waals surface area contributed by atoms with Crippen LogP contribution < -0.4 is 4.90 Å². The summed E-state index contributed by atoms with van der Waals surface area (Å²) in [7, 11) is 0. The first kappa shape index (κ1) is 16.3. The lowest BCUT2D eigenvalue weighted by molar-refractivity contribution is 0.628. The van der Waals surface area contributed by atoms with E-state index in [0.717, 1.165) is 22.0 Å². The van der Waals surface area contributed by atoms with Crippen LogP contribution in [0.3, 0.4) is 0 Å². The summed E-state index contributed by atoms with van der Waals surface area (Å²) in [6, 6.07) is 24.3. The molecule has 0 radical (unpaired) electrons. The van der Waals surface area contributed by atoms with Gasteiger partial charge in [-0.25, -0.2) is 14.4 Å². The van der Waals surface area contributed by atoms with E-state index in [1.165, 1.54) is 12.1 Å². The molecule has 0 unspecified atom stereocenters. The topological polar surface area (TPSA) is 41.9 Å². The molecule has 0 saturated heterocycles. The zero-order valence-corrected chi connectivity index (χ0v) is 14.8. The van der Waals surface area contributed by atoms with E-state index in [1.54, 1.807) is 18.5 Å². The van der Waals surface area contributed by atoms with E-state index in [1.807, 2.05) is 65.6 Å². The van der Waals surface area contributed by atoms with Crippen molar-refractivity contribution >= 4 is 39.1 Å². The lowest BCUT2D eigenvalue weighted by Crippen LogP contribution is -2.14. The summed E-state index contributed by atoms with van der Waals surface area (Å²) in [5.74, 6) is 0.146. The van der Waals surface area contributed by atoms with E-state index < -0.39 is 0 Å². The quantitative estimate of drug-likeness (QED) is 0.405. The minimum atomic E-state index is -0.315. The van der Waals surface area contributed by atoms with Crippen molar-refractivity contribution in [3.8, 4) is 0 Å². The number of benzene rings is 3. The average Bonchev–Trinajstić information content (AvgIpc) is 2.74. The van der Waals surface area contributed by atoms with Crippen molar-refractivity contribution in [3.05, 3.63) is 97.1 Å². The molecule has 0 spiro atoms. The van der Waals surface area contributed by atoms with Gasteiger partial charge < -0.3 is 0 Å². The van der Waals surface area contributed by atoms with Gasteiger partial charge in [-0.2, -0.15) is 0 Å². The summed E-state index contributed by atoms with van der Waals surface area (Å²) in [5, 5.41) is 2.12. The number of nitrogens with zero attached hydrogens (tertiary/aromatic N) is 4. The predicted molar refractivity (Wildman–Crippen MR) is 109 cm³/mol. The van der Waals surface area contributed by atoms with Crippen LogP contribution >= 0.6 is 0 Å². The molecule has 0 bridgehead atoms. The maximum absolute atomic E-state index is 14.0. The van der Waals surface area contributed by atoms with Crippen LogP contribution in [0.2, 0.25) is 0 Å². The molecule has 0 saturated carbocycles. The predicted octanol–water partition coefficient (Wildman–Crippen LogP) is 5.79. The van der Waals surface area contributed by atoms with Gasteiger partial charge in [0.15, 0.2) is 0 Å². The Labute approximate surface area is 160 Å². The summed E-state index contributed by atoms with van der Waals surface area (Å²) in [5.41, 5.74) is 2.98. The molecule has 2 aromatic heterocycles. The maximum Gasteiger partial charge on any atom is 0.235 e. The van der Waals surface area contributed by atoms with Crippen LogP contribution in [0.4, 0.5) is 21.7 Å². The largest absolute Gasteiger partial charge is 0.278 e. The highest BCUT2D eigenvalue weighted by Gasteiger charge is 2.18. The Morgan fingerprint density at radius 1 is 0.750 bits per heavy atom. The summed E-state index contributed by atoms with van der Waals surface area (Å²) in [6.45, 7) is 0. The van der Waals surface area contributed by atoms with Gasteiger partial charge in [-0.3, -0.25) is 9.88 Å². The summed E-state index contributed by atoms with van der Waals surface area (Å²) in [4.78, 5) is 15.4. The van der Waals surface area contributed by atoms with Crippen LogP contribution in [0.15, 0.2) is 91.3 Å². The highest BCUT2D eigenvalue weighted by Crippen LogP contribution is 2.37. The van der Waals surface area contributed by atoms with Crippen molar-refractivity contribution in [2.45, 2.75) is 0 Å². The molecule has 3 aromatic carbocycles. The van der Waals surface area contributed by atoms with Gasteiger partial charge in [-0.05, 0) is 41.8 Å². The first-order valence-electron chi connectivity index (χ1n) is 8.91. The molecule has 0 fully saturated rings. The average molecular weight is 366 g/mol. The minimum absolute atomic E-state index is 0.315. The molecule has 0 atom stereocenters. The lowest BCUT2D eigenvalue weighted by Gasteiger charge is -2.24. The van der Waals surface area contributed by atoms with E-state index in [2.05, 4.69) is 9.97 Å². The van der Waals surface area contributed by atoms with Crippen LogP contribution in [-0.4, -0.2) is 15.0 Å². The van der Waals surface area contributed by atoms with Gasteiger partial charge in [0.2, 0.25) is 5.95 Å². The van der Waals surface area contributed by atoms with Crippen molar-refractivity contribution in [1.82, 2.24) is 15.0 Å². The molecule has 5 rings (SSSR count). The minimum Gasteiger partial charge on any atom is -0.278 e. The molecule has 134 valence electrons. The molecule has 0 N–H and O–H groups in total. The number of rotatable bonds is 3. The van der Waals surface area contributed by atoms with Crippen LogP contribution in [0.25, 0.3) is 21.8 Å². The number of fused-ring (bicyclic) bond motifs is 2. The SMILES string of the molecule is Fc1cccc(N(c2ncc3ncccc3n2)c2cccc3ccccc23)c1. The van der Waals surface area contributed by atoms with Gasteiger partial charge in [0, 0.05) is 11.6 Å². The summed E-state index contributed by atoms with van der Waals surface area (Å²) >= 11 is 0. The summed E-state index contributed by atoms with van der Waals surface area (Å²) in [6.07, 6.45) is 3.40. The zero-order chi connectivity index (χ0) is 18.9. The molecule has 0 aliphatic rings. The molecule has 0 aliphatic carbocycles. The zero-order valence-electron chi connectivity index (χ0n) is 14.8. The third-order valence-electron chi connectivity index (χ3n) is 4.61. The Morgan fingerprint density at radius 2 is 1.61 bits per heavy atom. The molecule has 28 heavy (non-hydrogen) atoms. The number of halogens is 1. The first-order valence-corrected chi connectivity index (χ1v) is 8.91. The smallest absolute Gasteiger partial charge is 0.235 e. The highest BCUT2D eigenvalue weighted by atomic mass is 19.1. The second-order valence-electron chi connectivity index (χ2n) is 6.39. The number of aromatic nitrogens is 3. The Kier molecular flexibility index (Phi) is 3.91. The normalized spacial score (nSPS) is 11.0. The van der Waals surface area contributed by atoms with Gasteiger partial charge in [0.1, 0.15) is 11.3 Å². The van der Waals surface area contributed by atoms with Crippen molar-refractivity contribution in [2.24, 2.45) is 0 Å². The first-order chi connectivity index (χ1) is 13.8. The lowest BCUT2D eigenvalue weighted by atomic mass is 10.1. The van der Waals surface area contributed by atoms with Gasteiger partial charge >= 0.3 is 0 Å². The molecular formula is C23H15FN4. The number of anilines is 3. The molecular weight excluding hydrogens is 351 g/mol. The van der Waals surface area contributed by atoms with Gasteiger partial charge in [-0.15, -0.1) is 0 Å². The Bertz CT molecular complexity index is 1300. The molecule has 4 nitrogen and oxygen atoms in total. The fraction of sp³-hybridized carbons (Fsp3) is 0. The monoisotopic (exact) mass is 366 g/mol. The maximum atomic E-state index is 14.0. The fourth-order valence-corrected chi connectivity index (χ4v) is 3.35. The summed E-state index contributed by atoms with van der Waals surface area (Å²) < 4.78 is 14.0. The standard InChI is InChI=1S/C23H15FN4/c24-17-8-4-9-18(14-17)28(22-12-3-7-16-6-1-2-10-19(16)22)23-26-15-21-20(27-23)11-5-13-25-21/h1-15H. The van der Waals surface area contributed by atoms with Gasteiger partial charge in [-0.1, -0.05) is 42.5 Å². The van der Waals surface area contributed by atoms with E-state index in [9.17, 15) is 4.39 Å². The second kappa shape index (κ2) is 6.70. The molecule has 0 aliphatic heterocycles. The van der Waals surface area contributed by atoms with Crippen LogP contribution in [-0.2, 0) is 0 Å². The number of pyridine rings is 1. The molecule has 2 heterocycles. The van der Waals surface area contributed by atoms with E-state index in [0.29, 0.717) is 17.2 Å². The Hall–Kier alpha value is -3.86. The van der Waals surface area contributed by atoms with Gasteiger partial charge in [0.05, 0.1) is 23.1 Å². The van der Waals surface area contributed by atoms with Crippen LogP contribution in [0.1, 0.15) is 0 Å². The van der Waals surface area contributed by atoms with Crippen molar-refractivity contribution in [3.63, 3.8) is 0 Å². The van der Waals surface area contributed by atoms with Crippen molar-refractivity contribution in [1.29, 1.82) is 0 Å². The molecule has 5 heteroatoms. The second-order valence-corrected chi connectivity index (χ2v) is 6.39. The van der Waals surface area contributed by atoms with Gasteiger partial charge in [0.25, 0.3) is 0 Å². The fourth-order valence-electron chi connectivity index (χ4n) is 3.35. The van der Waals surface area contributed by atoms with Crippen molar-refractivity contribution in [2.75, 3.05) is 4.90 Å². The third-order valence-corrected chi connectivity index (χ3v) is 4.61. The number of hydrogen-bond donors (Lipinski definition) is 0. The van der Waals surface area contributed by atoms with E-state index in [-0.39, 0.29) is 5.82 Å². The molecule has 5 aromatic rings.